The first kappa shape index (κ1) is 15.0. The predicted molar refractivity (Wildman–Crippen MR) is 70.2 cm³/mol. The van der Waals surface area contributed by atoms with E-state index in [1.54, 1.807) is 0 Å². The van der Waals surface area contributed by atoms with Crippen molar-refractivity contribution in [3.8, 4) is 0 Å². The quantitative estimate of drug-likeness (QED) is 0.565. The lowest BCUT2D eigenvalue weighted by atomic mass is 9.95. The summed E-state index contributed by atoms with van der Waals surface area (Å²) < 4.78 is 0. The van der Waals surface area contributed by atoms with Crippen molar-refractivity contribution in [2.24, 2.45) is 11.8 Å². The van der Waals surface area contributed by atoms with E-state index in [-0.39, 0.29) is 0 Å². The zero-order valence-electron chi connectivity index (χ0n) is 11.5. The summed E-state index contributed by atoms with van der Waals surface area (Å²) in [6, 6.07) is 0.738. The fraction of sp³-hybridized carbons (Fsp3) is 1.00. The van der Waals surface area contributed by atoms with Crippen molar-refractivity contribution in [1.82, 2.24) is 5.32 Å². The molecule has 0 heterocycles. The van der Waals surface area contributed by atoms with Gasteiger partial charge < -0.3 is 5.32 Å². The van der Waals surface area contributed by atoms with Gasteiger partial charge in [0, 0.05) is 6.04 Å². The third kappa shape index (κ3) is 10.2. The maximum absolute atomic E-state index is 3.72. The molecule has 0 bridgehead atoms. The first-order valence-electron chi connectivity index (χ1n) is 6.79. The van der Waals surface area contributed by atoms with Gasteiger partial charge in [-0.15, -0.1) is 0 Å². The van der Waals surface area contributed by atoms with Crippen molar-refractivity contribution >= 4 is 0 Å². The minimum Gasteiger partial charge on any atom is -0.314 e. The molecular weight excluding hydrogens is 182 g/mol. The Bertz CT molecular complexity index is 119. The van der Waals surface area contributed by atoms with Crippen LogP contribution in [0.15, 0.2) is 0 Å². The topological polar surface area (TPSA) is 12.0 Å². The van der Waals surface area contributed by atoms with Crippen LogP contribution in [0.2, 0.25) is 0 Å². The second-order valence-corrected chi connectivity index (χ2v) is 5.62. The highest BCUT2D eigenvalue weighted by molar-refractivity contribution is 4.70. The van der Waals surface area contributed by atoms with Gasteiger partial charge in [-0.05, 0) is 37.6 Å². The molecule has 0 atom stereocenters. The maximum atomic E-state index is 3.72. The van der Waals surface area contributed by atoms with Crippen molar-refractivity contribution in [3.05, 3.63) is 0 Å². The molecule has 0 aromatic carbocycles. The number of hydrogen-bond donors (Lipinski definition) is 1. The summed E-state index contributed by atoms with van der Waals surface area (Å²) >= 11 is 0. The van der Waals surface area contributed by atoms with Gasteiger partial charge in [0.05, 0.1) is 0 Å². The molecule has 1 heteroatoms. The Hall–Kier alpha value is -0.0400. The third-order valence-electron chi connectivity index (χ3n) is 2.73. The Morgan fingerprint density at radius 3 is 1.80 bits per heavy atom. The van der Waals surface area contributed by atoms with Gasteiger partial charge in [0.25, 0.3) is 0 Å². The number of unbranched alkanes of at least 4 members (excludes halogenated alkanes) is 2. The van der Waals surface area contributed by atoms with Crippen LogP contribution < -0.4 is 5.32 Å². The third-order valence-corrected chi connectivity index (χ3v) is 2.73. The van der Waals surface area contributed by atoms with E-state index in [0.717, 1.165) is 17.9 Å². The maximum Gasteiger partial charge on any atom is 0.00719 e. The standard InChI is InChI=1S/C14H31N/c1-6-7-8-9-15-14(10-12(2)3)11-13(4)5/h12-15H,6-11H2,1-5H3. The minimum atomic E-state index is 0.738. The summed E-state index contributed by atoms with van der Waals surface area (Å²) in [5, 5.41) is 3.72. The fourth-order valence-electron chi connectivity index (χ4n) is 2.08. The molecule has 15 heavy (non-hydrogen) atoms. The smallest absolute Gasteiger partial charge is 0.00719 e. The van der Waals surface area contributed by atoms with Crippen molar-refractivity contribution in [3.63, 3.8) is 0 Å². The first-order valence-corrected chi connectivity index (χ1v) is 6.79. The Balaban J connectivity index is 3.69. The molecule has 0 aliphatic rings. The summed E-state index contributed by atoms with van der Waals surface area (Å²) in [6.07, 6.45) is 6.67. The largest absolute Gasteiger partial charge is 0.314 e. The monoisotopic (exact) mass is 213 g/mol. The molecule has 0 rings (SSSR count). The van der Waals surface area contributed by atoms with E-state index in [4.69, 9.17) is 0 Å². The van der Waals surface area contributed by atoms with Crippen LogP contribution in [0.1, 0.15) is 66.7 Å². The Morgan fingerprint density at radius 1 is 0.867 bits per heavy atom. The summed E-state index contributed by atoms with van der Waals surface area (Å²) in [4.78, 5) is 0. The average molecular weight is 213 g/mol. The molecule has 0 aromatic rings. The molecule has 0 spiro atoms. The molecular formula is C14H31N. The number of hydrogen-bond acceptors (Lipinski definition) is 1. The van der Waals surface area contributed by atoms with Crippen LogP contribution in [-0.2, 0) is 0 Å². The summed E-state index contributed by atoms with van der Waals surface area (Å²) in [5.41, 5.74) is 0. The molecule has 0 amide bonds. The van der Waals surface area contributed by atoms with Gasteiger partial charge in [0.2, 0.25) is 0 Å². The van der Waals surface area contributed by atoms with Crippen molar-refractivity contribution < 1.29 is 0 Å². The second-order valence-electron chi connectivity index (χ2n) is 5.62. The van der Waals surface area contributed by atoms with Gasteiger partial charge in [0.1, 0.15) is 0 Å². The van der Waals surface area contributed by atoms with Crippen LogP contribution in [0.4, 0.5) is 0 Å². The minimum absolute atomic E-state index is 0.738. The normalized spacial score (nSPS) is 12.0. The van der Waals surface area contributed by atoms with E-state index < -0.39 is 0 Å². The molecule has 0 fully saturated rings. The predicted octanol–water partition coefficient (Wildman–Crippen LogP) is 4.23. The van der Waals surface area contributed by atoms with Gasteiger partial charge in [-0.25, -0.2) is 0 Å². The summed E-state index contributed by atoms with van der Waals surface area (Å²) in [6.45, 7) is 12.8. The lowest BCUT2D eigenvalue weighted by molar-refractivity contribution is 0.357. The molecule has 0 saturated carbocycles. The van der Waals surface area contributed by atoms with Crippen LogP contribution in [0, 0.1) is 11.8 Å². The molecule has 0 aliphatic carbocycles. The average Bonchev–Trinajstić information content (AvgIpc) is 2.10. The summed E-state index contributed by atoms with van der Waals surface area (Å²) in [5.74, 6) is 1.62. The summed E-state index contributed by atoms with van der Waals surface area (Å²) in [7, 11) is 0. The van der Waals surface area contributed by atoms with E-state index >= 15 is 0 Å². The van der Waals surface area contributed by atoms with E-state index in [2.05, 4.69) is 39.9 Å². The molecule has 92 valence electrons. The highest BCUT2D eigenvalue weighted by Crippen LogP contribution is 2.13. The zero-order valence-corrected chi connectivity index (χ0v) is 11.5. The van der Waals surface area contributed by atoms with Gasteiger partial charge in [-0.3, -0.25) is 0 Å². The highest BCUT2D eigenvalue weighted by Gasteiger charge is 2.11. The highest BCUT2D eigenvalue weighted by atomic mass is 14.9. The van der Waals surface area contributed by atoms with Crippen LogP contribution in [-0.4, -0.2) is 12.6 Å². The van der Waals surface area contributed by atoms with Crippen molar-refractivity contribution in [2.75, 3.05) is 6.54 Å². The van der Waals surface area contributed by atoms with E-state index in [1.807, 2.05) is 0 Å². The molecule has 0 radical (unpaired) electrons. The zero-order chi connectivity index (χ0) is 11.7. The fourth-order valence-corrected chi connectivity index (χ4v) is 2.08. The van der Waals surface area contributed by atoms with Crippen LogP contribution in [0.5, 0.6) is 0 Å². The van der Waals surface area contributed by atoms with Crippen LogP contribution in [0.3, 0.4) is 0 Å². The first-order chi connectivity index (χ1) is 7.06. The van der Waals surface area contributed by atoms with E-state index in [9.17, 15) is 0 Å². The molecule has 0 aromatic heterocycles. The van der Waals surface area contributed by atoms with Crippen LogP contribution in [0.25, 0.3) is 0 Å². The second kappa shape index (κ2) is 9.21. The van der Waals surface area contributed by atoms with Gasteiger partial charge in [-0.2, -0.15) is 0 Å². The molecule has 0 saturated heterocycles. The van der Waals surface area contributed by atoms with Gasteiger partial charge in [-0.1, -0.05) is 47.5 Å². The molecule has 1 nitrogen and oxygen atoms in total. The van der Waals surface area contributed by atoms with Gasteiger partial charge in [0.15, 0.2) is 0 Å². The van der Waals surface area contributed by atoms with Crippen molar-refractivity contribution in [2.45, 2.75) is 72.8 Å². The van der Waals surface area contributed by atoms with Crippen molar-refractivity contribution in [1.29, 1.82) is 0 Å². The Morgan fingerprint density at radius 2 is 1.40 bits per heavy atom. The molecule has 0 aliphatic heterocycles. The van der Waals surface area contributed by atoms with Crippen LogP contribution >= 0.6 is 0 Å². The van der Waals surface area contributed by atoms with Gasteiger partial charge >= 0.3 is 0 Å². The van der Waals surface area contributed by atoms with E-state index in [1.165, 1.54) is 38.6 Å². The Kier molecular flexibility index (Phi) is 9.18. The Labute approximate surface area is 97.0 Å². The number of rotatable bonds is 9. The SMILES string of the molecule is CCCCCNC(CC(C)C)CC(C)C. The number of nitrogens with one attached hydrogen (secondary N) is 1. The molecule has 1 N–H and O–H groups in total. The molecule has 0 unspecified atom stereocenters. The lowest BCUT2D eigenvalue weighted by Gasteiger charge is -2.22. The van der Waals surface area contributed by atoms with E-state index in [0.29, 0.717) is 0 Å². The lowest BCUT2D eigenvalue weighted by Crippen LogP contribution is -2.32.